The fourth-order valence-electron chi connectivity index (χ4n) is 1.08. The van der Waals surface area contributed by atoms with Gasteiger partial charge in [0.1, 0.15) is 0 Å². The first-order chi connectivity index (χ1) is 6.63. The van der Waals surface area contributed by atoms with Gasteiger partial charge in [0, 0.05) is 16.6 Å². The minimum absolute atomic E-state index is 0.0128. The highest BCUT2D eigenvalue weighted by Crippen LogP contribution is 2.24. The first kappa shape index (κ1) is 11.0. The number of nitrogens with one attached hydrogen (secondary N) is 1. The van der Waals surface area contributed by atoms with Gasteiger partial charge in [-0.2, -0.15) is 0 Å². The summed E-state index contributed by atoms with van der Waals surface area (Å²) >= 11 is 3.34. The molecular formula is C10H13BrN2O. The maximum atomic E-state index is 11.3. The van der Waals surface area contributed by atoms with E-state index in [0.717, 1.165) is 16.6 Å². The molecule has 0 saturated heterocycles. The second-order valence-electron chi connectivity index (χ2n) is 3.04. The average molecular weight is 257 g/mol. The molecule has 1 amide bonds. The number of rotatable bonds is 3. The molecule has 0 aromatic heterocycles. The second kappa shape index (κ2) is 5.00. The van der Waals surface area contributed by atoms with Crippen molar-refractivity contribution in [3.8, 4) is 0 Å². The number of benzene rings is 1. The molecule has 4 heteroatoms. The van der Waals surface area contributed by atoms with Crippen LogP contribution in [0.1, 0.15) is 19.8 Å². The van der Waals surface area contributed by atoms with Gasteiger partial charge in [0.05, 0.1) is 5.69 Å². The first-order valence-electron chi connectivity index (χ1n) is 4.48. The number of carbonyl (C=O) groups excluding carboxylic acids is 1. The van der Waals surface area contributed by atoms with Crippen molar-refractivity contribution in [2.75, 3.05) is 11.1 Å². The molecule has 0 heterocycles. The molecule has 3 nitrogen and oxygen atoms in total. The second-order valence-corrected chi connectivity index (χ2v) is 3.89. The van der Waals surface area contributed by atoms with Gasteiger partial charge in [-0.25, -0.2) is 0 Å². The number of amides is 1. The highest BCUT2D eigenvalue weighted by atomic mass is 79.9. The Morgan fingerprint density at radius 3 is 2.93 bits per heavy atom. The number of nitrogen functional groups attached to an aromatic ring is 1. The predicted octanol–water partition coefficient (Wildman–Crippen LogP) is 2.77. The molecule has 1 aromatic rings. The third-order valence-corrected chi connectivity index (χ3v) is 2.43. The lowest BCUT2D eigenvalue weighted by Crippen LogP contribution is -2.11. The van der Waals surface area contributed by atoms with E-state index < -0.39 is 0 Å². The Hall–Kier alpha value is -1.03. The van der Waals surface area contributed by atoms with Crippen LogP contribution in [0.4, 0.5) is 11.4 Å². The van der Waals surface area contributed by atoms with Crippen molar-refractivity contribution in [2.24, 2.45) is 0 Å². The Morgan fingerprint density at radius 1 is 1.57 bits per heavy atom. The van der Waals surface area contributed by atoms with E-state index in [1.165, 1.54) is 0 Å². The van der Waals surface area contributed by atoms with E-state index in [4.69, 9.17) is 5.73 Å². The molecule has 0 radical (unpaired) electrons. The van der Waals surface area contributed by atoms with Gasteiger partial charge in [0.15, 0.2) is 0 Å². The van der Waals surface area contributed by atoms with Crippen molar-refractivity contribution >= 4 is 33.2 Å². The topological polar surface area (TPSA) is 55.1 Å². The van der Waals surface area contributed by atoms with Crippen molar-refractivity contribution < 1.29 is 4.79 Å². The molecule has 0 aliphatic carbocycles. The molecule has 1 aromatic carbocycles. The van der Waals surface area contributed by atoms with Crippen molar-refractivity contribution in [3.05, 3.63) is 22.7 Å². The van der Waals surface area contributed by atoms with Crippen LogP contribution in [-0.2, 0) is 4.79 Å². The normalized spacial score (nSPS) is 9.86. The Labute approximate surface area is 91.8 Å². The van der Waals surface area contributed by atoms with Crippen LogP contribution in [-0.4, -0.2) is 5.91 Å². The van der Waals surface area contributed by atoms with E-state index in [1.807, 2.05) is 13.0 Å². The van der Waals surface area contributed by atoms with Crippen molar-refractivity contribution in [2.45, 2.75) is 19.8 Å². The third-order valence-electron chi connectivity index (χ3n) is 1.74. The van der Waals surface area contributed by atoms with E-state index in [-0.39, 0.29) is 5.91 Å². The summed E-state index contributed by atoms with van der Waals surface area (Å²) in [7, 11) is 0. The molecule has 1 rings (SSSR count). The summed E-state index contributed by atoms with van der Waals surface area (Å²) < 4.78 is 0.844. The van der Waals surface area contributed by atoms with Crippen molar-refractivity contribution in [1.82, 2.24) is 0 Å². The monoisotopic (exact) mass is 256 g/mol. The van der Waals surface area contributed by atoms with Gasteiger partial charge >= 0.3 is 0 Å². The van der Waals surface area contributed by atoms with Crippen LogP contribution in [0.25, 0.3) is 0 Å². The van der Waals surface area contributed by atoms with Gasteiger partial charge in [0.2, 0.25) is 5.91 Å². The SMILES string of the molecule is CCCC(=O)Nc1cc(N)ccc1Br. The van der Waals surface area contributed by atoms with Crippen LogP contribution in [0.15, 0.2) is 22.7 Å². The van der Waals surface area contributed by atoms with Crippen LogP contribution < -0.4 is 11.1 Å². The summed E-state index contributed by atoms with van der Waals surface area (Å²) in [6.45, 7) is 1.97. The van der Waals surface area contributed by atoms with Crippen molar-refractivity contribution in [3.63, 3.8) is 0 Å². The van der Waals surface area contributed by atoms with Crippen molar-refractivity contribution in [1.29, 1.82) is 0 Å². The van der Waals surface area contributed by atoms with Crippen LogP contribution in [0.2, 0.25) is 0 Å². The lowest BCUT2D eigenvalue weighted by molar-refractivity contribution is -0.116. The Balaban J connectivity index is 2.75. The summed E-state index contributed by atoms with van der Waals surface area (Å²) in [5, 5.41) is 2.79. The highest BCUT2D eigenvalue weighted by molar-refractivity contribution is 9.10. The van der Waals surface area contributed by atoms with E-state index in [9.17, 15) is 4.79 Å². The van der Waals surface area contributed by atoms with Gasteiger partial charge in [-0.1, -0.05) is 6.92 Å². The standard InChI is InChI=1S/C10H13BrN2O/c1-2-3-10(14)13-9-6-7(12)4-5-8(9)11/h4-6H,2-3,12H2,1H3,(H,13,14). The highest BCUT2D eigenvalue weighted by Gasteiger charge is 2.04. The zero-order valence-corrected chi connectivity index (χ0v) is 9.60. The number of hydrogen-bond donors (Lipinski definition) is 2. The Morgan fingerprint density at radius 2 is 2.29 bits per heavy atom. The molecule has 0 aliphatic rings. The van der Waals surface area contributed by atoms with Crippen LogP contribution >= 0.6 is 15.9 Å². The molecule has 14 heavy (non-hydrogen) atoms. The largest absolute Gasteiger partial charge is 0.399 e. The fraction of sp³-hybridized carbons (Fsp3) is 0.300. The van der Waals surface area contributed by atoms with E-state index in [1.54, 1.807) is 12.1 Å². The van der Waals surface area contributed by atoms with Crippen LogP contribution in [0.3, 0.4) is 0 Å². The van der Waals surface area contributed by atoms with Gasteiger partial charge < -0.3 is 11.1 Å². The van der Waals surface area contributed by atoms with Crippen LogP contribution in [0.5, 0.6) is 0 Å². The molecule has 0 fully saturated rings. The van der Waals surface area contributed by atoms with E-state index >= 15 is 0 Å². The first-order valence-corrected chi connectivity index (χ1v) is 5.27. The molecule has 0 bridgehead atoms. The summed E-state index contributed by atoms with van der Waals surface area (Å²) in [6.07, 6.45) is 1.37. The Kier molecular flexibility index (Phi) is 3.95. The van der Waals surface area contributed by atoms with Gasteiger partial charge in [-0.05, 0) is 40.5 Å². The number of nitrogens with two attached hydrogens (primary N) is 1. The third kappa shape index (κ3) is 3.03. The maximum Gasteiger partial charge on any atom is 0.224 e. The van der Waals surface area contributed by atoms with Crippen LogP contribution in [0, 0.1) is 0 Å². The molecule has 0 atom stereocenters. The van der Waals surface area contributed by atoms with Gasteiger partial charge in [0.25, 0.3) is 0 Å². The molecule has 0 aliphatic heterocycles. The van der Waals surface area contributed by atoms with Gasteiger partial charge in [-0.15, -0.1) is 0 Å². The smallest absolute Gasteiger partial charge is 0.224 e. The van der Waals surface area contributed by atoms with E-state index in [2.05, 4.69) is 21.2 Å². The summed E-state index contributed by atoms with van der Waals surface area (Å²) in [5.74, 6) is 0.0128. The molecule has 3 N–H and O–H groups in total. The number of halogens is 1. The molecular weight excluding hydrogens is 244 g/mol. The maximum absolute atomic E-state index is 11.3. The molecule has 76 valence electrons. The minimum Gasteiger partial charge on any atom is -0.399 e. The number of hydrogen-bond acceptors (Lipinski definition) is 2. The average Bonchev–Trinajstić information content (AvgIpc) is 2.12. The zero-order chi connectivity index (χ0) is 10.6. The lowest BCUT2D eigenvalue weighted by Gasteiger charge is -2.07. The lowest BCUT2D eigenvalue weighted by atomic mass is 10.2. The minimum atomic E-state index is 0.0128. The summed E-state index contributed by atoms with van der Waals surface area (Å²) in [5.41, 5.74) is 6.97. The summed E-state index contributed by atoms with van der Waals surface area (Å²) in [4.78, 5) is 11.3. The molecule has 0 unspecified atom stereocenters. The number of anilines is 2. The molecule has 0 saturated carbocycles. The Bertz CT molecular complexity index is 339. The molecule has 0 spiro atoms. The predicted molar refractivity (Wildman–Crippen MR) is 62.1 cm³/mol. The summed E-state index contributed by atoms with van der Waals surface area (Å²) in [6, 6.07) is 5.33. The quantitative estimate of drug-likeness (QED) is 0.818. The number of carbonyl (C=O) groups is 1. The van der Waals surface area contributed by atoms with Gasteiger partial charge in [-0.3, -0.25) is 4.79 Å². The zero-order valence-electron chi connectivity index (χ0n) is 8.01. The fourth-order valence-corrected chi connectivity index (χ4v) is 1.42. The van der Waals surface area contributed by atoms with E-state index in [0.29, 0.717) is 12.1 Å².